The monoisotopic (exact) mass is 429 g/mol. The Bertz CT molecular complexity index is 856. The fourth-order valence-corrected chi connectivity index (χ4v) is 2.71. The van der Waals surface area contributed by atoms with Crippen molar-refractivity contribution >= 4 is 34.8 Å². The van der Waals surface area contributed by atoms with Gasteiger partial charge >= 0.3 is 0 Å². The fourth-order valence-electron chi connectivity index (χ4n) is 2.50. The molecule has 2 aromatic rings. The van der Waals surface area contributed by atoms with Crippen LogP contribution in [0.25, 0.3) is 0 Å². The molecule has 0 aliphatic heterocycles. The molecule has 0 bridgehead atoms. The van der Waals surface area contributed by atoms with Crippen molar-refractivity contribution in [2.24, 2.45) is 0 Å². The molecule has 0 unspecified atom stereocenters. The van der Waals surface area contributed by atoms with E-state index in [4.69, 9.17) is 21.7 Å². The van der Waals surface area contributed by atoms with Crippen LogP contribution in [0.5, 0.6) is 5.75 Å². The van der Waals surface area contributed by atoms with Crippen molar-refractivity contribution in [3.05, 3.63) is 59.7 Å². The van der Waals surface area contributed by atoms with E-state index in [-0.39, 0.29) is 16.9 Å². The molecule has 0 atom stereocenters. The predicted octanol–water partition coefficient (Wildman–Crippen LogP) is 3.37. The molecule has 0 aliphatic rings. The van der Waals surface area contributed by atoms with Crippen LogP contribution in [0.1, 0.15) is 40.5 Å². The molecule has 7 nitrogen and oxygen atoms in total. The number of carbonyl (C=O) groups is 2. The Morgan fingerprint density at radius 2 is 1.77 bits per heavy atom. The highest BCUT2D eigenvalue weighted by Gasteiger charge is 2.10. The van der Waals surface area contributed by atoms with Crippen LogP contribution < -0.4 is 20.7 Å². The van der Waals surface area contributed by atoms with E-state index in [2.05, 4.69) is 22.9 Å². The Balaban J connectivity index is 1.88. The van der Waals surface area contributed by atoms with Crippen LogP contribution in [-0.2, 0) is 4.74 Å². The maximum Gasteiger partial charge on any atom is 0.257 e. The van der Waals surface area contributed by atoms with Crippen molar-refractivity contribution in [2.45, 2.75) is 19.8 Å². The molecule has 0 saturated heterocycles. The van der Waals surface area contributed by atoms with Crippen molar-refractivity contribution < 1.29 is 19.1 Å². The van der Waals surface area contributed by atoms with E-state index in [0.717, 1.165) is 12.8 Å². The molecule has 0 heterocycles. The van der Waals surface area contributed by atoms with Crippen LogP contribution >= 0.6 is 12.2 Å². The van der Waals surface area contributed by atoms with Gasteiger partial charge in [-0.2, -0.15) is 0 Å². The number of hydrogen-bond donors (Lipinski definition) is 3. The van der Waals surface area contributed by atoms with Crippen LogP contribution in [0.2, 0.25) is 0 Å². The van der Waals surface area contributed by atoms with Crippen molar-refractivity contribution in [1.29, 1.82) is 0 Å². The van der Waals surface area contributed by atoms with Gasteiger partial charge in [0.1, 0.15) is 12.4 Å². The largest absolute Gasteiger partial charge is 0.491 e. The van der Waals surface area contributed by atoms with Crippen LogP contribution in [0, 0.1) is 0 Å². The average molecular weight is 430 g/mol. The maximum absolute atomic E-state index is 12.4. The summed E-state index contributed by atoms with van der Waals surface area (Å²) in [6.07, 6.45) is 1.94. The van der Waals surface area contributed by atoms with Gasteiger partial charge in [0.2, 0.25) is 0 Å². The number of amides is 2. The molecule has 2 aromatic carbocycles. The number of ether oxygens (including phenoxy) is 2. The van der Waals surface area contributed by atoms with Gasteiger partial charge in [0.25, 0.3) is 11.8 Å². The minimum Gasteiger partial charge on any atom is -0.491 e. The Kier molecular flexibility index (Phi) is 9.76. The second-order valence-electron chi connectivity index (χ2n) is 6.46. The quantitative estimate of drug-likeness (QED) is 0.396. The number of benzene rings is 2. The lowest BCUT2D eigenvalue weighted by molar-refractivity contribution is 0.0950. The zero-order valence-electron chi connectivity index (χ0n) is 17.2. The van der Waals surface area contributed by atoms with Crippen molar-refractivity contribution in [2.75, 3.05) is 32.2 Å². The van der Waals surface area contributed by atoms with Gasteiger partial charge in [0.15, 0.2) is 5.11 Å². The molecule has 30 heavy (non-hydrogen) atoms. The topological polar surface area (TPSA) is 88.7 Å². The van der Waals surface area contributed by atoms with E-state index in [9.17, 15) is 9.59 Å². The van der Waals surface area contributed by atoms with Gasteiger partial charge in [-0.1, -0.05) is 19.4 Å². The molecule has 3 N–H and O–H groups in total. The summed E-state index contributed by atoms with van der Waals surface area (Å²) in [6, 6.07) is 13.7. The Hall–Kier alpha value is -2.97. The van der Waals surface area contributed by atoms with Gasteiger partial charge in [0, 0.05) is 30.5 Å². The lowest BCUT2D eigenvalue weighted by Crippen LogP contribution is -2.34. The van der Waals surface area contributed by atoms with Gasteiger partial charge in [-0.15, -0.1) is 0 Å². The summed E-state index contributed by atoms with van der Waals surface area (Å²) >= 11 is 5.22. The molecule has 160 valence electrons. The summed E-state index contributed by atoms with van der Waals surface area (Å²) in [5.74, 6) is 0.164. The molecular formula is C22H27N3O4S. The lowest BCUT2D eigenvalue weighted by Gasteiger charge is -2.11. The van der Waals surface area contributed by atoms with E-state index in [1.807, 2.05) is 0 Å². The summed E-state index contributed by atoms with van der Waals surface area (Å²) in [5.41, 5.74) is 1.59. The second kappa shape index (κ2) is 12.6. The second-order valence-corrected chi connectivity index (χ2v) is 6.87. The molecule has 0 aromatic heterocycles. The third-order valence-corrected chi connectivity index (χ3v) is 4.30. The summed E-state index contributed by atoms with van der Waals surface area (Å²) in [7, 11) is 1.60. The summed E-state index contributed by atoms with van der Waals surface area (Å²) in [5, 5.41) is 8.57. The number of nitrogens with one attached hydrogen (secondary N) is 3. The third-order valence-electron chi connectivity index (χ3n) is 4.10. The molecule has 0 fully saturated rings. The van der Waals surface area contributed by atoms with Crippen LogP contribution in [0.4, 0.5) is 5.69 Å². The van der Waals surface area contributed by atoms with E-state index >= 15 is 0 Å². The molecule has 2 rings (SSSR count). The molecule has 0 radical (unpaired) electrons. The zero-order valence-corrected chi connectivity index (χ0v) is 18.0. The Morgan fingerprint density at radius 3 is 2.47 bits per heavy atom. The minimum absolute atomic E-state index is 0.143. The first-order valence-electron chi connectivity index (χ1n) is 9.76. The standard InChI is InChI=1S/C22H27N3O4S/c1-3-4-12-23-20(26)17-6-5-7-18(15-17)24-22(30)25-21(27)16-8-10-19(11-9-16)29-14-13-28-2/h5-11,15H,3-4,12-14H2,1-2H3,(H,23,26)(H2,24,25,27,30). The number of unbranched alkanes of at least 4 members (excludes halogenated alkanes) is 1. The number of methoxy groups -OCH3 is 1. The van der Waals surface area contributed by atoms with Gasteiger partial charge < -0.3 is 20.1 Å². The first-order chi connectivity index (χ1) is 14.5. The fraction of sp³-hybridized carbons (Fsp3) is 0.318. The van der Waals surface area contributed by atoms with Crippen molar-refractivity contribution in [3.63, 3.8) is 0 Å². The molecule has 0 spiro atoms. The molecule has 0 aliphatic carbocycles. The minimum atomic E-state index is -0.343. The average Bonchev–Trinajstić information content (AvgIpc) is 2.74. The molecule has 0 saturated carbocycles. The lowest BCUT2D eigenvalue weighted by atomic mass is 10.2. The predicted molar refractivity (Wildman–Crippen MR) is 121 cm³/mol. The van der Waals surface area contributed by atoms with Gasteiger partial charge in [0.05, 0.1) is 6.61 Å². The van der Waals surface area contributed by atoms with Gasteiger partial charge in [-0.3, -0.25) is 14.9 Å². The van der Waals surface area contributed by atoms with Crippen LogP contribution in [0.15, 0.2) is 48.5 Å². The molecular weight excluding hydrogens is 402 g/mol. The van der Waals surface area contributed by atoms with Crippen LogP contribution in [0.3, 0.4) is 0 Å². The summed E-state index contributed by atoms with van der Waals surface area (Å²) in [6.45, 7) is 3.63. The van der Waals surface area contributed by atoms with E-state index in [0.29, 0.717) is 42.3 Å². The Labute approximate surface area is 182 Å². The SMILES string of the molecule is CCCCNC(=O)c1cccc(NC(=S)NC(=O)c2ccc(OCCOC)cc2)c1. The number of anilines is 1. The summed E-state index contributed by atoms with van der Waals surface area (Å²) in [4.78, 5) is 24.5. The number of rotatable bonds is 10. The number of hydrogen-bond acceptors (Lipinski definition) is 5. The highest BCUT2D eigenvalue weighted by atomic mass is 32.1. The van der Waals surface area contributed by atoms with E-state index in [1.165, 1.54) is 0 Å². The smallest absolute Gasteiger partial charge is 0.257 e. The van der Waals surface area contributed by atoms with E-state index < -0.39 is 0 Å². The number of carbonyl (C=O) groups excluding carboxylic acids is 2. The van der Waals surface area contributed by atoms with Crippen LogP contribution in [-0.4, -0.2) is 43.8 Å². The Morgan fingerprint density at radius 1 is 1.00 bits per heavy atom. The normalized spacial score (nSPS) is 10.2. The zero-order chi connectivity index (χ0) is 21.8. The van der Waals surface area contributed by atoms with E-state index in [1.54, 1.807) is 55.6 Å². The van der Waals surface area contributed by atoms with Gasteiger partial charge in [-0.25, -0.2) is 0 Å². The highest BCUT2D eigenvalue weighted by molar-refractivity contribution is 7.80. The van der Waals surface area contributed by atoms with Crippen molar-refractivity contribution in [3.8, 4) is 5.75 Å². The van der Waals surface area contributed by atoms with Crippen molar-refractivity contribution in [1.82, 2.24) is 10.6 Å². The maximum atomic E-state index is 12.4. The number of thiocarbonyl (C=S) groups is 1. The highest BCUT2D eigenvalue weighted by Crippen LogP contribution is 2.13. The first kappa shape index (κ1) is 23.3. The third kappa shape index (κ3) is 7.81. The van der Waals surface area contributed by atoms with Gasteiger partial charge in [-0.05, 0) is 61.1 Å². The first-order valence-corrected chi connectivity index (χ1v) is 10.2. The summed E-state index contributed by atoms with van der Waals surface area (Å²) < 4.78 is 10.4. The molecule has 8 heteroatoms. The molecule has 2 amide bonds.